The molecule has 2 aromatic rings. The molecule has 9 heteroatoms. The number of rotatable bonds is 7. The summed E-state index contributed by atoms with van der Waals surface area (Å²) in [4.78, 5) is 12.2. The Morgan fingerprint density at radius 1 is 1.11 bits per heavy atom. The summed E-state index contributed by atoms with van der Waals surface area (Å²) in [5.41, 5.74) is 2.26. The molecule has 1 aliphatic heterocycles. The number of nitrogens with zero attached hydrogens (tertiary/aromatic N) is 1. The van der Waals surface area contributed by atoms with Crippen molar-refractivity contribution in [2.75, 3.05) is 37.9 Å². The van der Waals surface area contributed by atoms with Crippen molar-refractivity contribution in [1.82, 2.24) is 0 Å². The summed E-state index contributed by atoms with van der Waals surface area (Å²) >= 11 is 0. The van der Waals surface area contributed by atoms with E-state index in [4.69, 9.17) is 4.74 Å². The van der Waals surface area contributed by atoms with Crippen molar-refractivity contribution in [3.05, 3.63) is 63.7 Å². The van der Waals surface area contributed by atoms with Crippen molar-refractivity contribution in [3.8, 4) is 0 Å². The number of benzene rings is 2. The molecule has 0 radical (unpaired) electrons. The van der Waals surface area contributed by atoms with Crippen LogP contribution in [0.4, 0.5) is 11.4 Å². The standard InChI is InChI=1S/C19H23N3O5S/c1-28(25,26)17-6-7-18(19(12-17)22(23)24)20-13-15-2-4-16(5-3-15)14-21-8-10-27-11-9-21/h2-7,12,20H,8-11,13-14H2,1H3/p+1. The first-order chi connectivity index (χ1) is 13.3. The number of ether oxygens (including phenoxy) is 1. The fourth-order valence-electron chi connectivity index (χ4n) is 3.14. The molecule has 0 saturated carbocycles. The normalized spacial score (nSPS) is 15.3. The predicted molar refractivity (Wildman–Crippen MR) is 105 cm³/mol. The van der Waals surface area contributed by atoms with Gasteiger partial charge in [-0.1, -0.05) is 24.3 Å². The number of hydrogen-bond acceptors (Lipinski definition) is 6. The molecular formula is C19H24N3O5S+. The van der Waals surface area contributed by atoms with Gasteiger partial charge in [0.1, 0.15) is 25.3 Å². The summed E-state index contributed by atoms with van der Waals surface area (Å²) in [5, 5.41) is 14.3. The van der Waals surface area contributed by atoms with E-state index in [0.29, 0.717) is 12.2 Å². The second-order valence-corrected chi connectivity index (χ2v) is 8.93. The number of morpholine rings is 1. The third kappa shape index (κ3) is 5.28. The lowest BCUT2D eigenvalue weighted by molar-refractivity contribution is -0.921. The maximum atomic E-state index is 11.6. The molecular weight excluding hydrogens is 382 g/mol. The zero-order valence-corrected chi connectivity index (χ0v) is 16.5. The molecule has 0 aliphatic carbocycles. The molecule has 0 spiro atoms. The van der Waals surface area contributed by atoms with Gasteiger partial charge in [-0.25, -0.2) is 8.42 Å². The summed E-state index contributed by atoms with van der Waals surface area (Å²) in [6.45, 7) is 4.98. The largest absolute Gasteiger partial charge is 0.375 e. The summed E-state index contributed by atoms with van der Waals surface area (Å²) < 4.78 is 28.6. The molecule has 2 N–H and O–H groups in total. The van der Waals surface area contributed by atoms with E-state index in [1.165, 1.54) is 22.6 Å². The molecule has 1 saturated heterocycles. The molecule has 1 fully saturated rings. The van der Waals surface area contributed by atoms with Crippen LogP contribution in [0.15, 0.2) is 47.4 Å². The molecule has 150 valence electrons. The van der Waals surface area contributed by atoms with Gasteiger partial charge in [-0.15, -0.1) is 0 Å². The van der Waals surface area contributed by atoms with Crippen molar-refractivity contribution in [3.63, 3.8) is 0 Å². The third-order valence-electron chi connectivity index (χ3n) is 4.75. The van der Waals surface area contributed by atoms with Crippen LogP contribution in [0.1, 0.15) is 11.1 Å². The van der Waals surface area contributed by atoms with Crippen LogP contribution in [0.25, 0.3) is 0 Å². The number of nitrogens with one attached hydrogen (secondary N) is 2. The Labute approximate surface area is 164 Å². The van der Waals surface area contributed by atoms with Gasteiger partial charge in [-0.3, -0.25) is 10.1 Å². The summed E-state index contributed by atoms with van der Waals surface area (Å²) in [5.74, 6) is 0. The van der Waals surface area contributed by atoms with E-state index in [1.54, 1.807) is 0 Å². The first-order valence-corrected chi connectivity index (χ1v) is 10.9. The highest BCUT2D eigenvalue weighted by molar-refractivity contribution is 7.90. The van der Waals surface area contributed by atoms with Gasteiger partial charge in [0.15, 0.2) is 9.84 Å². The average molecular weight is 406 g/mol. The highest BCUT2D eigenvalue weighted by Gasteiger charge is 2.18. The molecule has 0 bridgehead atoms. The van der Waals surface area contributed by atoms with Gasteiger partial charge < -0.3 is 15.0 Å². The monoisotopic (exact) mass is 406 g/mol. The zero-order valence-electron chi connectivity index (χ0n) is 15.7. The molecule has 28 heavy (non-hydrogen) atoms. The molecule has 0 unspecified atom stereocenters. The minimum Gasteiger partial charge on any atom is -0.375 e. The Kier molecular flexibility index (Phi) is 6.28. The minimum atomic E-state index is -3.50. The lowest BCUT2D eigenvalue weighted by Gasteiger charge is -2.23. The number of nitro groups is 1. The molecule has 1 heterocycles. The van der Waals surface area contributed by atoms with Crippen molar-refractivity contribution in [2.45, 2.75) is 18.0 Å². The van der Waals surface area contributed by atoms with Crippen LogP contribution in [0.5, 0.6) is 0 Å². The molecule has 3 rings (SSSR count). The van der Waals surface area contributed by atoms with Crippen LogP contribution in [-0.2, 0) is 27.7 Å². The van der Waals surface area contributed by atoms with E-state index in [9.17, 15) is 18.5 Å². The first-order valence-electron chi connectivity index (χ1n) is 9.04. The van der Waals surface area contributed by atoms with Gasteiger partial charge in [0.2, 0.25) is 0 Å². The van der Waals surface area contributed by atoms with Crippen LogP contribution in [0, 0.1) is 10.1 Å². The summed E-state index contributed by atoms with van der Waals surface area (Å²) in [6.07, 6.45) is 1.03. The van der Waals surface area contributed by atoms with Gasteiger partial charge in [-0.05, 0) is 17.7 Å². The minimum absolute atomic E-state index is 0.0697. The lowest BCUT2D eigenvalue weighted by Crippen LogP contribution is -3.12. The van der Waals surface area contributed by atoms with E-state index >= 15 is 0 Å². The van der Waals surface area contributed by atoms with Gasteiger partial charge >= 0.3 is 0 Å². The van der Waals surface area contributed by atoms with Gasteiger partial charge in [0.25, 0.3) is 5.69 Å². The molecule has 2 aromatic carbocycles. The van der Waals surface area contributed by atoms with Crippen LogP contribution < -0.4 is 10.2 Å². The van der Waals surface area contributed by atoms with Crippen LogP contribution in [0.3, 0.4) is 0 Å². The first kappa shape index (κ1) is 20.2. The Bertz CT molecular complexity index is 939. The Hall–Kier alpha value is -2.49. The molecule has 0 atom stereocenters. The van der Waals surface area contributed by atoms with Gasteiger partial charge in [-0.2, -0.15) is 0 Å². The number of hydrogen-bond donors (Lipinski definition) is 2. The lowest BCUT2D eigenvalue weighted by atomic mass is 10.1. The highest BCUT2D eigenvalue weighted by atomic mass is 32.2. The van der Waals surface area contributed by atoms with Crippen molar-refractivity contribution in [1.29, 1.82) is 0 Å². The Morgan fingerprint density at radius 2 is 1.75 bits per heavy atom. The molecule has 1 aliphatic rings. The second kappa shape index (κ2) is 8.68. The number of quaternary nitrogens is 1. The number of sulfone groups is 1. The Morgan fingerprint density at radius 3 is 2.36 bits per heavy atom. The SMILES string of the molecule is CS(=O)(=O)c1ccc(NCc2ccc(C[NH+]3CCOCC3)cc2)c([N+](=O)[O-])c1. The van der Waals surface area contributed by atoms with E-state index in [2.05, 4.69) is 17.4 Å². The number of anilines is 1. The molecule has 0 aromatic heterocycles. The van der Waals surface area contributed by atoms with Crippen molar-refractivity contribution in [2.24, 2.45) is 0 Å². The topological polar surface area (TPSA) is 103 Å². The highest BCUT2D eigenvalue weighted by Crippen LogP contribution is 2.28. The van der Waals surface area contributed by atoms with Crippen LogP contribution in [-0.4, -0.2) is 45.9 Å². The summed E-state index contributed by atoms with van der Waals surface area (Å²) in [7, 11) is -3.50. The molecule has 0 amide bonds. The zero-order chi connectivity index (χ0) is 20.1. The maximum Gasteiger partial charge on any atom is 0.293 e. The quantitative estimate of drug-likeness (QED) is 0.526. The Balaban J connectivity index is 1.65. The number of nitro benzene ring substituents is 1. The third-order valence-corrected chi connectivity index (χ3v) is 5.86. The van der Waals surface area contributed by atoms with E-state index in [1.807, 2.05) is 12.1 Å². The second-order valence-electron chi connectivity index (χ2n) is 6.92. The fourth-order valence-corrected chi connectivity index (χ4v) is 3.78. The maximum absolute atomic E-state index is 11.6. The van der Waals surface area contributed by atoms with E-state index in [0.717, 1.165) is 50.7 Å². The van der Waals surface area contributed by atoms with E-state index < -0.39 is 14.8 Å². The van der Waals surface area contributed by atoms with Gasteiger partial charge in [0, 0.05) is 24.4 Å². The van der Waals surface area contributed by atoms with Crippen LogP contribution >= 0.6 is 0 Å². The fraction of sp³-hybridized carbons (Fsp3) is 0.368. The smallest absolute Gasteiger partial charge is 0.293 e. The van der Waals surface area contributed by atoms with Crippen molar-refractivity contribution < 1.29 is 23.0 Å². The summed E-state index contributed by atoms with van der Waals surface area (Å²) in [6, 6.07) is 12.0. The molecule has 8 nitrogen and oxygen atoms in total. The van der Waals surface area contributed by atoms with Gasteiger partial charge in [0.05, 0.1) is 23.0 Å². The van der Waals surface area contributed by atoms with Crippen LogP contribution in [0.2, 0.25) is 0 Å². The average Bonchev–Trinajstić information content (AvgIpc) is 2.67. The van der Waals surface area contributed by atoms with E-state index in [-0.39, 0.29) is 10.6 Å². The van der Waals surface area contributed by atoms with Crippen molar-refractivity contribution >= 4 is 21.2 Å². The predicted octanol–water partition coefficient (Wildman–Crippen LogP) is 1.03.